The van der Waals surface area contributed by atoms with E-state index in [9.17, 15) is 4.79 Å². The number of hydrogen-bond acceptors (Lipinski definition) is 4. The Kier molecular flexibility index (Phi) is 3.71. The minimum Gasteiger partial charge on any atom is -0.361 e. The van der Waals surface area contributed by atoms with E-state index >= 15 is 0 Å². The van der Waals surface area contributed by atoms with Crippen LogP contribution in [0.2, 0.25) is 0 Å². The fourth-order valence-electron chi connectivity index (χ4n) is 2.35. The molecule has 1 aromatic carbocycles. The van der Waals surface area contributed by atoms with Crippen LogP contribution in [0.3, 0.4) is 0 Å². The molecular formula is C14H14N2O4. The number of ether oxygens (including phenoxy) is 3. The van der Waals surface area contributed by atoms with E-state index in [0.29, 0.717) is 13.0 Å². The largest absolute Gasteiger partial charge is 0.361 e. The third-order valence-electron chi connectivity index (χ3n) is 3.40. The number of ketones is 1. The summed E-state index contributed by atoms with van der Waals surface area (Å²) in [5.74, 6) is -0.344. The highest BCUT2D eigenvalue weighted by Gasteiger charge is 2.52. The Morgan fingerprint density at radius 1 is 1.30 bits per heavy atom. The first kappa shape index (κ1) is 13.1. The Bertz CT molecular complexity index is 541. The number of carbonyl (C=O) groups excluding carboxylic acids is 1. The molecule has 0 aromatic heterocycles. The van der Waals surface area contributed by atoms with E-state index in [0.717, 1.165) is 11.8 Å². The molecule has 6 heteroatoms. The minimum absolute atomic E-state index is 0.185. The minimum atomic E-state index is -0.564. The van der Waals surface area contributed by atoms with Gasteiger partial charge in [-0.15, -0.1) is 0 Å². The van der Waals surface area contributed by atoms with Gasteiger partial charge in [0.25, 0.3) is 5.78 Å². The number of nitrogens with zero attached hydrogens (tertiary/aromatic N) is 2. The third-order valence-corrected chi connectivity index (χ3v) is 3.40. The molecular weight excluding hydrogens is 260 g/mol. The van der Waals surface area contributed by atoms with Crippen LogP contribution in [-0.4, -0.2) is 41.7 Å². The van der Waals surface area contributed by atoms with Crippen molar-refractivity contribution in [2.45, 2.75) is 31.0 Å². The maximum Gasteiger partial charge on any atom is 0.326 e. The van der Waals surface area contributed by atoms with E-state index < -0.39 is 12.4 Å². The zero-order valence-corrected chi connectivity index (χ0v) is 10.7. The van der Waals surface area contributed by atoms with Gasteiger partial charge in [0.05, 0.1) is 12.7 Å². The van der Waals surface area contributed by atoms with Crippen molar-refractivity contribution in [3.63, 3.8) is 0 Å². The van der Waals surface area contributed by atoms with Gasteiger partial charge in [0, 0.05) is 5.56 Å². The van der Waals surface area contributed by atoms with Crippen LogP contribution in [0.1, 0.15) is 18.3 Å². The smallest absolute Gasteiger partial charge is 0.326 e. The van der Waals surface area contributed by atoms with Crippen LogP contribution in [0.25, 0.3) is 5.53 Å². The molecule has 2 heterocycles. The molecule has 0 N–H and O–H groups in total. The molecule has 104 valence electrons. The summed E-state index contributed by atoms with van der Waals surface area (Å²) in [6.45, 7) is 0.555. The molecule has 1 aromatic rings. The Morgan fingerprint density at radius 3 is 2.85 bits per heavy atom. The molecule has 2 saturated heterocycles. The lowest BCUT2D eigenvalue weighted by Crippen LogP contribution is -2.33. The van der Waals surface area contributed by atoms with Gasteiger partial charge < -0.3 is 19.7 Å². The molecule has 2 fully saturated rings. The second-order valence-electron chi connectivity index (χ2n) is 4.74. The van der Waals surface area contributed by atoms with Crippen LogP contribution < -0.4 is 0 Å². The van der Waals surface area contributed by atoms with Crippen LogP contribution in [0.4, 0.5) is 0 Å². The third kappa shape index (κ3) is 2.69. The van der Waals surface area contributed by atoms with Crippen LogP contribution in [0.5, 0.6) is 0 Å². The molecule has 0 aliphatic carbocycles. The van der Waals surface area contributed by atoms with Gasteiger partial charge in [-0.2, -0.15) is 4.79 Å². The topological polar surface area (TPSA) is 84.5 Å². The summed E-state index contributed by atoms with van der Waals surface area (Å²) in [4.78, 5) is 14.2. The van der Waals surface area contributed by atoms with Crippen LogP contribution in [0, 0.1) is 0 Å². The van der Waals surface area contributed by atoms with E-state index in [2.05, 4.69) is 4.79 Å². The van der Waals surface area contributed by atoms with Gasteiger partial charge in [-0.25, -0.2) is 0 Å². The predicted octanol–water partition coefficient (Wildman–Crippen LogP) is 1.13. The Balaban J connectivity index is 1.63. The van der Waals surface area contributed by atoms with Gasteiger partial charge in [0.1, 0.15) is 6.10 Å². The Hall–Kier alpha value is -1.85. The average molecular weight is 274 g/mol. The molecule has 6 nitrogen and oxygen atoms in total. The van der Waals surface area contributed by atoms with E-state index in [1.165, 1.54) is 0 Å². The van der Waals surface area contributed by atoms with Crippen LogP contribution in [0.15, 0.2) is 30.3 Å². The van der Waals surface area contributed by atoms with Crippen molar-refractivity contribution >= 4 is 12.0 Å². The molecule has 20 heavy (non-hydrogen) atoms. The summed E-state index contributed by atoms with van der Waals surface area (Å²) < 4.78 is 16.8. The molecule has 2 aliphatic heterocycles. The number of epoxide rings is 1. The summed E-state index contributed by atoms with van der Waals surface area (Å²) in [5, 5.41) is 0. The molecule has 0 amide bonds. The van der Waals surface area contributed by atoms with Gasteiger partial charge in [-0.05, 0) is 6.42 Å². The first-order chi connectivity index (χ1) is 9.79. The molecule has 0 unspecified atom stereocenters. The van der Waals surface area contributed by atoms with Crippen molar-refractivity contribution in [2.24, 2.45) is 0 Å². The number of benzene rings is 1. The lowest BCUT2D eigenvalue weighted by Gasteiger charge is -2.29. The monoisotopic (exact) mass is 274 g/mol. The lowest BCUT2D eigenvalue weighted by molar-refractivity contribution is -0.221. The Morgan fingerprint density at radius 2 is 2.10 bits per heavy atom. The zero-order valence-electron chi connectivity index (χ0n) is 10.7. The van der Waals surface area contributed by atoms with Crippen molar-refractivity contribution in [1.29, 1.82) is 0 Å². The van der Waals surface area contributed by atoms with Crippen molar-refractivity contribution < 1.29 is 23.8 Å². The number of Topliss-reactive ketones (excluding diaryl/α,β-unsaturated/α-hetero) is 1. The molecule has 4 atom stereocenters. The van der Waals surface area contributed by atoms with Crippen molar-refractivity contribution in [1.82, 2.24) is 0 Å². The SMILES string of the molecule is [N-]=[N+]=CC(=O)[C@H]1O[C@H]1[C@@H]1CCO[C@H](c2ccccc2)O1. The van der Waals surface area contributed by atoms with E-state index in [1.807, 2.05) is 30.3 Å². The van der Waals surface area contributed by atoms with E-state index in [-0.39, 0.29) is 18.0 Å². The van der Waals surface area contributed by atoms with Gasteiger partial charge in [-0.3, -0.25) is 4.79 Å². The molecule has 0 spiro atoms. The first-order valence-electron chi connectivity index (χ1n) is 6.48. The van der Waals surface area contributed by atoms with Crippen molar-refractivity contribution in [3.05, 3.63) is 41.4 Å². The standard InChI is InChI=1S/C14H14N2O4/c15-16-8-10(17)12-13(20-12)11-6-7-18-14(19-11)9-4-2-1-3-5-9/h1-5,8,11-14H,6-7H2/t11-,12+,13-,14-/m0/s1. The number of hydrogen-bond donors (Lipinski definition) is 0. The normalized spacial score (nSPS) is 32.2. The van der Waals surface area contributed by atoms with Gasteiger partial charge >= 0.3 is 6.21 Å². The lowest BCUT2D eigenvalue weighted by atomic mass is 10.1. The van der Waals surface area contributed by atoms with Gasteiger partial charge in [-0.1, -0.05) is 30.3 Å². The molecule has 0 radical (unpaired) electrons. The highest BCUT2D eigenvalue weighted by molar-refractivity contribution is 6.28. The summed E-state index contributed by atoms with van der Waals surface area (Å²) in [6.07, 6.45) is 0.0737. The fourth-order valence-corrected chi connectivity index (χ4v) is 2.35. The maximum atomic E-state index is 11.5. The first-order valence-corrected chi connectivity index (χ1v) is 6.48. The van der Waals surface area contributed by atoms with Crippen LogP contribution >= 0.6 is 0 Å². The van der Waals surface area contributed by atoms with Gasteiger partial charge in [0.2, 0.25) is 0 Å². The average Bonchev–Trinajstić information content (AvgIpc) is 3.29. The quantitative estimate of drug-likeness (QED) is 0.356. The van der Waals surface area contributed by atoms with Crippen LogP contribution in [-0.2, 0) is 19.0 Å². The second kappa shape index (κ2) is 5.64. The molecule has 2 aliphatic rings. The predicted molar refractivity (Wildman–Crippen MR) is 68.0 cm³/mol. The van der Waals surface area contributed by atoms with E-state index in [4.69, 9.17) is 19.7 Å². The van der Waals surface area contributed by atoms with Crippen molar-refractivity contribution in [3.8, 4) is 0 Å². The number of carbonyl (C=O) groups is 1. The molecule has 0 bridgehead atoms. The van der Waals surface area contributed by atoms with Gasteiger partial charge in [0.15, 0.2) is 12.4 Å². The highest BCUT2D eigenvalue weighted by Crippen LogP contribution is 2.35. The summed E-state index contributed by atoms with van der Waals surface area (Å²) >= 11 is 0. The summed E-state index contributed by atoms with van der Waals surface area (Å²) in [6, 6.07) is 9.63. The highest BCUT2D eigenvalue weighted by atomic mass is 16.7. The Labute approximate surface area is 115 Å². The summed E-state index contributed by atoms with van der Waals surface area (Å²) in [5.41, 5.74) is 9.28. The summed E-state index contributed by atoms with van der Waals surface area (Å²) in [7, 11) is 0. The number of rotatable bonds is 4. The molecule has 0 saturated carbocycles. The van der Waals surface area contributed by atoms with Crippen molar-refractivity contribution in [2.75, 3.05) is 6.61 Å². The van der Waals surface area contributed by atoms with E-state index in [1.54, 1.807) is 0 Å². The zero-order chi connectivity index (χ0) is 13.9. The maximum absolute atomic E-state index is 11.5. The fraction of sp³-hybridized carbons (Fsp3) is 0.429. The molecule has 3 rings (SSSR count). The second-order valence-corrected chi connectivity index (χ2v) is 4.74.